The molecule has 0 heterocycles. The molecular formula is C14H23NO. The Hall–Kier alpha value is -0.860. The van der Waals surface area contributed by atoms with Crippen LogP contribution in [0.1, 0.15) is 39.2 Å². The van der Waals surface area contributed by atoms with E-state index in [-0.39, 0.29) is 11.6 Å². The second-order valence-corrected chi connectivity index (χ2v) is 5.09. The first-order valence-electron chi connectivity index (χ1n) is 5.91. The fourth-order valence-electron chi connectivity index (χ4n) is 1.46. The number of aliphatic hydroxyl groups is 1. The van der Waals surface area contributed by atoms with Crippen molar-refractivity contribution in [3.05, 3.63) is 35.9 Å². The maximum Gasteiger partial charge on any atom is 0.0688 e. The van der Waals surface area contributed by atoms with Gasteiger partial charge in [0.15, 0.2) is 0 Å². The van der Waals surface area contributed by atoms with E-state index in [1.165, 1.54) is 5.56 Å². The molecule has 2 unspecified atom stereocenters. The van der Waals surface area contributed by atoms with E-state index < -0.39 is 0 Å². The van der Waals surface area contributed by atoms with Gasteiger partial charge in [-0.05, 0) is 32.3 Å². The van der Waals surface area contributed by atoms with E-state index in [9.17, 15) is 5.11 Å². The summed E-state index contributed by atoms with van der Waals surface area (Å²) in [4.78, 5) is 0. The fraction of sp³-hybridized carbons (Fsp3) is 0.571. The summed E-state index contributed by atoms with van der Waals surface area (Å²) >= 11 is 0. The number of hydrogen-bond donors (Lipinski definition) is 2. The molecule has 90 valence electrons. The molecule has 1 aromatic carbocycles. The summed E-state index contributed by atoms with van der Waals surface area (Å²) in [5.41, 5.74) is 1.10. The number of nitrogens with one attached hydrogen (secondary N) is 1. The highest BCUT2D eigenvalue weighted by molar-refractivity contribution is 5.19. The van der Waals surface area contributed by atoms with Gasteiger partial charge in [-0.1, -0.05) is 37.3 Å². The van der Waals surface area contributed by atoms with Crippen LogP contribution in [0.25, 0.3) is 0 Å². The fourth-order valence-corrected chi connectivity index (χ4v) is 1.46. The molecule has 0 spiro atoms. The van der Waals surface area contributed by atoms with Gasteiger partial charge in [0.2, 0.25) is 0 Å². The molecule has 0 saturated heterocycles. The first-order chi connectivity index (χ1) is 7.43. The molecule has 0 aliphatic carbocycles. The summed E-state index contributed by atoms with van der Waals surface area (Å²) in [5.74, 6) is 0.458. The Balaban J connectivity index is 2.51. The lowest BCUT2D eigenvalue weighted by molar-refractivity contribution is 0.0960. The lowest BCUT2D eigenvalue weighted by Gasteiger charge is -2.31. The van der Waals surface area contributed by atoms with Crippen LogP contribution in [0.3, 0.4) is 0 Å². The van der Waals surface area contributed by atoms with Crippen LogP contribution >= 0.6 is 0 Å². The van der Waals surface area contributed by atoms with Crippen LogP contribution in [-0.2, 0) is 0 Å². The highest BCUT2D eigenvalue weighted by atomic mass is 16.3. The zero-order chi connectivity index (χ0) is 12.2. The van der Waals surface area contributed by atoms with Gasteiger partial charge >= 0.3 is 0 Å². The van der Waals surface area contributed by atoms with Gasteiger partial charge < -0.3 is 10.4 Å². The average molecular weight is 221 g/mol. The van der Waals surface area contributed by atoms with Crippen LogP contribution < -0.4 is 5.32 Å². The van der Waals surface area contributed by atoms with Gasteiger partial charge in [0.05, 0.1) is 6.10 Å². The molecule has 1 rings (SSSR count). The van der Waals surface area contributed by atoms with Crippen molar-refractivity contribution in [3.8, 4) is 0 Å². The van der Waals surface area contributed by atoms with E-state index in [1.54, 1.807) is 0 Å². The third kappa shape index (κ3) is 3.62. The second kappa shape index (κ2) is 5.46. The lowest BCUT2D eigenvalue weighted by Crippen LogP contribution is -2.49. The zero-order valence-electron chi connectivity index (χ0n) is 10.7. The molecule has 0 aliphatic rings. The van der Waals surface area contributed by atoms with Gasteiger partial charge in [-0.3, -0.25) is 0 Å². The minimum absolute atomic E-state index is 0.233. The second-order valence-electron chi connectivity index (χ2n) is 5.09. The maximum absolute atomic E-state index is 9.60. The molecular weight excluding hydrogens is 198 g/mol. The van der Waals surface area contributed by atoms with Gasteiger partial charge in [0.1, 0.15) is 0 Å². The minimum atomic E-state index is -0.351. The molecule has 0 aromatic heterocycles. The third-order valence-electron chi connectivity index (χ3n) is 3.28. The van der Waals surface area contributed by atoms with E-state index >= 15 is 0 Å². The number of benzene rings is 1. The van der Waals surface area contributed by atoms with Crippen molar-refractivity contribution in [2.45, 2.75) is 45.3 Å². The summed E-state index contributed by atoms with van der Waals surface area (Å²) in [6.07, 6.45) is -0.351. The van der Waals surface area contributed by atoms with E-state index in [0.717, 1.165) is 6.54 Å². The molecule has 0 aliphatic heterocycles. The van der Waals surface area contributed by atoms with Crippen LogP contribution in [0, 0.1) is 0 Å². The van der Waals surface area contributed by atoms with Gasteiger partial charge in [-0.25, -0.2) is 0 Å². The largest absolute Gasteiger partial charge is 0.392 e. The zero-order valence-corrected chi connectivity index (χ0v) is 10.7. The topological polar surface area (TPSA) is 32.3 Å². The van der Waals surface area contributed by atoms with Crippen LogP contribution in [0.15, 0.2) is 30.3 Å². The highest BCUT2D eigenvalue weighted by Crippen LogP contribution is 2.16. The normalized spacial score (nSPS) is 15.8. The van der Waals surface area contributed by atoms with Crippen LogP contribution in [0.4, 0.5) is 0 Å². The van der Waals surface area contributed by atoms with E-state index in [4.69, 9.17) is 0 Å². The van der Waals surface area contributed by atoms with Gasteiger partial charge in [0.25, 0.3) is 0 Å². The molecule has 16 heavy (non-hydrogen) atoms. The summed E-state index contributed by atoms with van der Waals surface area (Å²) in [5, 5.41) is 13.0. The average Bonchev–Trinajstić information content (AvgIpc) is 2.27. The van der Waals surface area contributed by atoms with Gasteiger partial charge in [-0.15, -0.1) is 0 Å². The van der Waals surface area contributed by atoms with Crippen LogP contribution in [0.5, 0.6) is 0 Å². The molecule has 2 atom stereocenters. The molecule has 2 heteroatoms. The van der Waals surface area contributed by atoms with Crippen LogP contribution in [-0.4, -0.2) is 23.3 Å². The molecule has 0 amide bonds. The van der Waals surface area contributed by atoms with Crippen molar-refractivity contribution in [3.63, 3.8) is 0 Å². The smallest absolute Gasteiger partial charge is 0.0688 e. The summed E-state index contributed by atoms with van der Waals surface area (Å²) in [6.45, 7) is 8.94. The number of rotatable bonds is 5. The molecule has 2 N–H and O–H groups in total. The molecule has 0 radical (unpaired) electrons. The van der Waals surface area contributed by atoms with E-state index in [1.807, 2.05) is 26.8 Å². The van der Waals surface area contributed by atoms with Crippen molar-refractivity contribution < 1.29 is 5.11 Å². The Morgan fingerprint density at radius 2 is 1.75 bits per heavy atom. The van der Waals surface area contributed by atoms with Crippen molar-refractivity contribution in [2.75, 3.05) is 6.54 Å². The molecule has 1 aromatic rings. The Morgan fingerprint density at radius 1 is 1.19 bits per heavy atom. The molecule has 0 bridgehead atoms. The first kappa shape index (κ1) is 13.2. The lowest BCUT2D eigenvalue weighted by atomic mass is 9.95. The predicted molar refractivity (Wildman–Crippen MR) is 68.6 cm³/mol. The third-order valence-corrected chi connectivity index (χ3v) is 3.28. The standard InChI is InChI=1S/C14H23NO/c1-11(13-8-6-5-7-9-13)10-15-14(3,4)12(2)16/h5-9,11-12,15-16H,10H2,1-4H3. The Labute approximate surface area is 98.7 Å². The molecule has 2 nitrogen and oxygen atoms in total. The predicted octanol–water partition coefficient (Wildman–Crippen LogP) is 2.54. The molecule has 0 saturated carbocycles. The summed E-state index contributed by atoms with van der Waals surface area (Å²) in [7, 11) is 0. The maximum atomic E-state index is 9.60. The van der Waals surface area contributed by atoms with Crippen LogP contribution in [0.2, 0.25) is 0 Å². The Bertz CT molecular complexity index is 306. The Kier molecular flexibility index (Phi) is 4.51. The number of aliphatic hydroxyl groups excluding tert-OH is 1. The first-order valence-corrected chi connectivity index (χ1v) is 5.91. The SMILES string of the molecule is CC(CNC(C)(C)C(C)O)c1ccccc1. The van der Waals surface area contributed by atoms with Gasteiger partial charge in [-0.2, -0.15) is 0 Å². The molecule has 0 fully saturated rings. The van der Waals surface area contributed by atoms with E-state index in [2.05, 4.69) is 36.5 Å². The van der Waals surface area contributed by atoms with Crippen molar-refractivity contribution in [1.82, 2.24) is 5.32 Å². The minimum Gasteiger partial charge on any atom is -0.392 e. The van der Waals surface area contributed by atoms with Crippen molar-refractivity contribution in [2.24, 2.45) is 0 Å². The van der Waals surface area contributed by atoms with E-state index in [0.29, 0.717) is 5.92 Å². The number of hydrogen-bond acceptors (Lipinski definition) is 2. The Morgan fingerprint density at radius 3 is 2.25 bits per heavy atom. The van der Waals surface area contributed by atoms with Crippen molar-refractivity contribution in [1.29, 1.82) is 0 Å². The van der Waals surface area contributed by atoms with Crippen molar-refractivity contribution >= 4 is 0 Å². The summed E-state index contributed by atoms with van der Waals surface area (Å²) < 4.78 is 0. The summed E-state index contributed by atoms with van der Waals surface area (Å²) in [6, 6.07) is 10.4. The highest BCUT2D eigenvalue weighted by Gasteiger charge is 2.23. The monoisotopic (exact) mass is 221 g/mol. The quantitative estimate of drug-likeness (QED) is 0.801. The van der Waals surface area contributed by atoms with Gasteiger partial charge in [0, 0.05) is 12.1 Å².